The summed E-state index contributed by atoms with van der Waals surface area (Å²) < 4.78 is 34.9. The van der Waals surface area contributed by atoms with E-state index in [1.807, 2.05) is 6.07 Å². The van der Waals surface area contributed by atoms with Crippen molar-refractivity contribution in [3.8, 4) is 24.0 Å². The fourth-order valence-electron chi connectivity index (χ4n) is 3.62. The van der Waals surface area contributed by atoms with Crippen molar-refractivity contribution in [2.75, 3.05) is 31.1 Å². The van der Waals surface area contributed by atoms with Crippen molar-refractivity contribution in [2.24, 2.45) is 0 Å². The number of fused-ring (bicyclic) bond motifs is 1. The molecule has 0 spiro atoms. The zero-order chi connectivity index (χ0) is 27.9. The van der Waals surface area contributed by atoms with E-state index in [4.69, 9.17) is 15.2 Å². The molecule has 0 saturated carbocycles. The third-order valence-corrected chi connectivity index (χ3v) is 5.42. The highest BCUT2D eigenvalue weighted by atomic mass is 19.4. The minimum absolute atomic E-state index is 0.0000498. The van der Waals surface area contributed by atoms with Crippen molar-refractivity contribution < 1.29 is 23.1 Å². The highest BCUT2D eigenvalue weighted by molar-refractivity contribution is 5.75. The third kappa shape index (κ3) is 6.27. The first-order valence-corrected chi connectivity index (χ1v) is 11.2. The summed E-state index contributed by atoms with van der Waals surface area (Å²) in [4.78, 5) is 33.5. The van der Waals surface area contributed by atoms with E-state index in [2.05, 4.69) is 38.1 Å². The van der Waals surface area contributed by atoms with Gasteiger partial charge in [-0.2, -0.15) is 33.7 Å². The second-order valence-electron chi connectivity index (χ2n) is 7.88. The van der Waals surface area contributed by atoms with Gasteiger partial charge in [-0.1, -0.05) is 18.1 Å². The number of alkyl halides is 3. The number of aliphatic carboxylic acids is 1. The van der Waals surface area contributed by atoms with Crippen molar-refractivity contribution in [3.05, 3.63) is 51.6 Å². The Labute approximate surface area is 214 Å². The largest absolute Gasteiger partial charge is 0.490 e. The number of rotatable bonds is 4. The molecule has 0 radical (unpaired) electrons. The molecule has 1 fully saturated rings. The van der Waals surface area contributed by atoms with E-state index in [0.717, 1.165) is 31.7 Å². The van der Waals surface area contributed by atoms with E-state index < -0.39 is 12.1 Å². The number of carboxylic acid groups (broad SMARTS) is 1. The van der Waals surface area contributed by atoms with Gasteiger partial charge in [-0.05, 0) is 24.6 Å². The first-order chi connectivity index (χ1) is 18.1. The van der Waals surface area contributed by atoms with Crippen LogP contribution in [0.4, 0.5) is 19.1 Å². The summed E-state index contributed by atoms with van der Waals surface area (Å²) in [6.07, 6.45) is -5.08. The monoisotopic (exact) mass is 526 g/mol. The van der Waals surface area contributed by atoms with Gasteiger partial charge in [-0.3, -0.25) is 13.9 Å². The smallest absolute Gasteiger partial charge is 0.475 e. The predicted molar refractivity (Wildman–Crippen MR) is 129 cm³/mol. The quantitative estimate of drug-likeness (QED) is 0.481. The number of carbonyl (C=O) groups is 1. The van der Waals surface area contributed by atoms with Crippen LogP contribution in [-0.2, 0) is 17.9 Å². The molecule has 1 aromatic carbocycles. The summed E-state index contributed by atoms with van der Waals surface area (Å²) in [6.45, 7) is 5.39. The number of nitrogens with one attached hydrogen (secondary N) is 1. The number of halogens is 3. The van der Waals surface area contributed by atoms with Gasteiger partial charge >= 0.3 is 12.1 Å². The van der Waals surface area contributed by atoms with Crippen LogP contribution in [0, 0.1) is 34.5 Å². The molecule has 1 aliphatic rings. The molecule has 3 heterocycles. The summed E-state index contributed by atoms with van der Waals surface area (Å²) >= 11 is 0. The average molecular weight is 526 g/mol. The van der Waals surface area contributed by atoms with Crippen molar-refractivity contribution in [1.82, 2.24) is 24.4 Å². The maximum Gasteiger partial charge on any atom is 0.490 e. The predicted octanol–water partition coefficient (Wildman–Crippen LogP) is 1.45. The number of imidazole rings is 1. The highest BCUT2D eigenvalue weighted by Gasteiger charge is 2.38. The molecule has 3 aromatic rings. The fraction of sp³-hybridized carbons (Fsp3) is 0.333. The van der Waals surface area contributed by atoms with Crippen LogP contribution in [0.3, 0.4) is 0 Å². The maximum absolute atomic E-state index is 13.5. The Morgan fingerprint density at radius 3 is 2.26 bits per heavy atom. The topological polar surface area (TPSA) is 153 Å². The van der Waals surface area contributed by atoms with Crippen LogP contribution in [0.2, 0.25) is 0 Å². The molecule has 1 saturated heterocycles. The van der Waals surface area contributed by atoms with Gasteiger partial charge in [-0.25, -0.2) is 4.79 Å². The second kappa shape index (κ2) is 11.9. The Morgan fingerprint density at radius 2 is 1.74 bits per heavy atom. The average Bonchev–Trinajstić information content (AvgIpc) is 3.28. The van der Waals surface area contributed by atoms with Crippen LogP contribution in [0.5, 0.6) is 0 Å². The molecule has 0 bridgehead atoms. The summed E-state index contributed by atoms with van der Waals surface area (Å²) in [5.74, 6) is 3.78. The molecule has 1 aliphatic heterocycles. The van der Waals surface area contributed by atoms with E-state index in [9.17, 15) is 23.2 Å². The van der Waals surface area contributed by atoms with Crippen LogP contribution in [0.15, 0.2) is 29.1 Å². The molecule has 196 valence electrons. The van der Waals surface area contributed by atoms with Gasteiger partial charge in [0.15, 0.2) is 11.2 Å². The molecule has 0 amide bonds. The SMILES string of the molecule is CC#CCn1c(N2CCNCC2)nc2nc(C#N)n(Cc3ccc(C#N)cc3)c(=O)c21.O=C(O)C(F)(F)F. The number of carboxylic acids is 1. The standard InChI is InChI=1S/C22H20N8O.C2HF3O2/c1-2-3-10-29-19-20(27-22(29)28-11-8-25-9-12-28)26-18(14-24)30(21(19)31)15-17-6-4-16(13-23)5-7-17;3-2(4,5)1(6)7/h4-7,25H,8-12,15H2,1H3;(H,6,7). The van der Waals surface area contributed by atoms with Gasteiger partial charge in [0.1, 0.15) is 6.07 Å². The molecule has 4 rings (SSSR count). The first kappa shape index (κ1) is 27.7. The minimum atomic E-state index is -5.08. The molecule has 2 aromatic heterocycles. The van der Waals surface area contributed by atoms with E-state index in [-0.39, 0.29) is 23.6 Å². The molecule has 11 nitrogen and oxygen atoms in total. The third-order valence-electron chi connectivity index (χ3n) is 5.42. The van der Waals surface area contributed by atoms with Crippen LogP contribution >= 0.6 is 0 Å². The van der Waals surface area contributed by atoms with E-state index in [1.54, 1.807) is 35.8 Å². The summed E-state index contributed by atoms with van der Waals surface area (Å²) in [5, 5.41) is 29.1. The van der Waals surface area contributed by atoms with Crippen LogP contribution < -0.4 is 15.8 Å². The van der Waals surface area contributed by atoms with Gasteiger partial charge in [-0.15, -0.1) is 5.92 Å². The van der Waals surface area contributed by atoms with Gasteiger partial charge in [0, 0.05) is 26.2 Å². The fourth-order valence-corrected chi connectivity index (χ4v) is 3.62. The van der Waals surface area contributed by atoms with Crippen molar-refractivity contribution in [1.29, 1.82) is 10.5 Å². The first-order valence-electron chi connectivity index (χ1n) is 11.2. The van der Waals surface area contributed by atoms with Crippen molar-refractivity contribution in [3.63, 3.8) is 0 Å². The number of hydrogen-bond acceptors (Lipinski definition) is 8. The van der Waals surface area contributed by atoms with Crippen LogP contribution in [0.1, 0.15) is 23.9 Å². The molecule has 38 heavy (non-hydrogen) atoms. The molecule has 0 atom stereocenters. The lowest BCUT2D eigenvalue weighted by molar-refractivity contribution is -0.192. The second-order valence-corrected chi connectivity index (χ2v) is 7.88. The lowest BCUT2D eigenvalue weighted by Gasteiger charge is -2.28. The summed E-state index contributed by atoms with van der Waals surface area (Å²) in [5.41, 5.74) is 1.58. The number of anilines is 1. The van der Waals surface area contributed by atoms with Crippen LogP contribution in [-0.4, -0.2) is 62.5 Å². The number of benzene rings is 1. The number of nitriles is 2. The Balaban J connectivity index is 0.000000505. The lowest BCUT2D eigenvalue weighted by Crippen LogP contribution is -2.44. The van der Waals surface area contributed by atoms with E-state index >= 15 is 0 Å². The zero-order valence-electron chi connectivity index (χ0n) is 20.1. The zero-order valence-corrected chi connectivity index (χ0v) is 20.1. The highest BCUT2D eigenvalue weighted by Crippen LogP contribution is 2.20. The normalized spacial score (nSPS) is 12.9. The number of piperazine rings is 1. The molecular formula is C24H21F3N8O3. The van der Waals surface area contributed by atoms with E-state index in [1.165, 1.54) is 4.57 Å². The Bertz CT molecular complexity index is 1530. The molecule has 14 heteroatoms. The number of nitrogens with zero attached hydrogens (tertiary/aromatic N) is 7. The summed E-state index contributed by atoms with van der Waals surface area (Å²) in [6, 6.07) is 11.0. The van der Waals surface area contributed by atoms with Gasteiger partial charge < -0.3 is 15.3 Å². The minimum Gasteiger partial charge on any atom is -0.475 e. The summed E-state index contributed by atoms with van der Waals surface area (Å²) in [7, 11) is 0. The molecular weight excluding hydrogens is 505 g/mol. The maximum atomic E-state index is 13.5. The van der Waals surface area contributed by atoms with Crippen molar-refractivity contribution >= 4 is 23.1 Å². The van der Waals surface area contributed by atoms with Gasteiger partial charge in [0.2, 0.25) is 11.8 Å². The Hall–Kier alpha value is -4.87. The Kier molecular flexibility index (Phi) is 8.69. The number of aromatic nitrogens is 4. The van der Waals surface area contributed by atoms with Gasteiger partial charge in [0.05, 0.1) is 24.7 Å². The molecule has 0 aliphatic carbocycles. The number of hydrogen-bond donors (Lipinski definition) is 2. The molecule has 0 unspecified atom stereocenters. The van der Waals surface area contributed by atoms with E-state index in [0.29, 0.717) is 23.6 Å². The van der Waals surface area contributed by atoms with Crippen LogP contribution in [0.25, 0.3) is 11.2 Å². The lowest BCUT2D eigenvalue weighted by atomic mass is 10.1. The Morgan fingerprint density at radius 1 is 1.11 bits per heavy atom. The van der Waals surface area contributed by atoms with Gasteiger partial charge in [0.25, 0.3) is 5.56 Å². The molecule has 2 N–H and O–H groups in total. The van der Waals surface area contributed by atoms with Crippen molar-refractivity contribution in [2.45, 2.75) is 26.2 Å².